The molecule has 0 bridgehead atoms. The molecule has 114 valence electrons. The Hall–Kier alpha value is -2.16. The third-order valence-electron chi connectivity index (χ3n) is 4.45. The maximum atomic E-state index is 13.8. The van der Waals surface area contributed by atoms with Crippen LogP contribution in [0, 0.1) is 18.7 Å². The average molecular weight is 297 g/mol. The molecule has 3 atom stereocenters. The minimum atomic E-state index is -0.213. The maximum absolute atomic E-state index is 13.8. The van der Waals surface area contributed by atoms with Crippen molar-refractivity contribution < 1.29 is 9.18 Å². The molecule has 0 heterocycles. The van der Waals surface area contributed by atoms with Crippen LogP contribution in [0.2, 0.25) is 0 Å². The highest BCUT2D eigenvalue weighted by Crippen LogP contribution is 2.48. The summed E-state index contributed by atoms with van der Waals surface area (Å²) < 4.78 is 13.8. The van der Waals surface area contributed by atoms with Crippen LogP contribution in [-0.2, 0) is 4.79 Å². The fourth-order valence-corrected chi connectivity index (χ4v) is 3.08. The Balaban J connectivity index is 1.65. The van der Waals surface area contributed by atoms with E-state index in [0.29, 0.717) is 5.56 Å². The summed E-state index contributed by atoms with van der Waals surface area (Å²) in [4.78, 5) is 12.4. The lowest BCUT2D eigenvalue weighted by molar-refractivity contribution is -0.123. The minimum absolute atomic E-state index is 0.0176. The van der Waals surface area contributed by atoms with Crippen molar-refractivity contribution in [2.24, 2.45) is 5.92 Å². The number of carbonyl (C=O) groups is 1. The van der Waals surface area contributed by atoms with Gasteiger partial charge in [-0.3, -0.25) is 4.79 Å². The molecule has 0 radical (unpaired) electrons. The molecular weight excluding hydrogens is 277 g/mol. The van der Waals surface area contributed by atoms with Gasteiger partial charge in [0, 0.05) is 5.92 Å². The number of halogens is 1. The summed E-state index contributed by atoms with van der Waals surface area (Å²) in [6.07, 6.45) is 0.729. The number of aryl methyl sites for hydroxylation is 1. The van der Waals surface area contributed by atoms with E-state index in [4.69, 9.17) is 0 Å². The van der Waals surface area contributed by atoms with Crippen LogP contribution in [0.4, 0.5) is 4.39 Å². The van der Waals surface area contributed by atoms with Gasteiger partial charge < -0.3 is 5.32 Å². The van der Waals surface area contributed by atoms with Gasteiger partial charge in [-0.25, -0.2) is 4.39 Å². The summed E-state index contributed by atoms with van der Waals surface area (Å²) in [6, 6.07) is 14.7. The largest absolute Gasteiger partial charge is 0.349 e. The number of rotatable bonds is 4. The molecule has 2 aromatic rings. The van der Waals surface area contributed by atoms with Gasteiger partial charge in [0.25, 0.3) is 0 Å². The van der Waals surface area contributed by atoms with Crippen LogP contribution in [0.25, 0.3) is 0 Å². The fourth-order valence-electron chi connectivity index (χ4n) is 3.08. The van der Waals surface area contributed by atoms with E-state index in [9.17, 15) is 9.18 Å². The standard InChI is InChI=1S/C19H20FNO/c1-12-7-3-4-8-14(12)13(2)21-19(22)17-11-16(17)15-9-5-6-10-18(15)20/h3-10,13,16-17H,11H2,1-2H3,(H,21,22). The molecule has 2 aromatic carbocycles. The van der Waals surface area contributed by atoms with E-state index in [0.717, 1.165) is 17.5 Å². The van der Waals surface area contributed by atoms with E-state index in [2.05, 4.69) is 5.32 Å². The summed E-state index contributed by atoms with van der Waals surface area (Å²) >= 11 is 0. The second-order valence-corrected chi connectivity index (χ2v) is 6.06. The minimum Gasteiger partial charge on any atom is -0.349 e. The number of hydrogen-bond donors (Lipinski definition) is 1. The van der Waals surface area contributed by atoms with Gasteiger partial charge in [0.05, 0.1) is 6.04 Å². The molecule has 1 fully saturated rings. The van der Waals surface area contributed by atoms with Gasteiger partial charge in [0.2, 0.25) is 5.91 Å². The predicted octanol–water partition coefficient (Wildman–Crippen LogP) is 4.12. The van der Waals surface area contributed by atoms with E-state index in [1.165, 1.54) is 6.07 Å². The average Bonchev–Trinajstić information content (AvgIpc) is 3.28. The Morgan fingerprint density at radius 1 is 1.18 bits per heavy atom. The van der Waals surface area contributed by atoms with Gasteiger partial charge in [0.1, 0.15) is 5.82 Å². The van der Waals surface area contributed by atoms with Crippen molar-refractivity contribution in [1.82, 2.24) is 5.32 Å². The molecule has 1 aliphatic carbocycles. The SMILES string of the molecule is Cc1ccccc1C(C)NC(=O)C1CC1c1ccccc1F. The number of nitrogens with one attached hydrogen (secondary N) is 1. The lowest BCUT2D eigenvalue weighted by Gasteiger charge is -2.16. The highest BCUT2D eigenvalue weighted by atomic mass is 19.1. The zero-order valence-corrected chi connectivity index (χ0v) is 12.8. The first kappa shape index (κ1) is 14.8. The molecule has 1 amide bonds. The Labute approximate surface area is 130 Å². The third-order valence-corrected chi connectivity index (χ3v) is 4.45. The van der Waals surface area contributed by atoms with Crippen LogP contribution >= 0.6 is 0 Å². The van der Waals surface area contributed by atoms with Crippen molar-refractivity contribution in [3.05, 3.63) is 71.0 Å². The molecule has 2 nitrogen and oxygen atoms in total. The predicted molar refractivity (Wildman–Crippen MR) is 85.0 cm³/mol. The van der Waals surface area contributed by atoms with Crippen LogP contribution in [0.5, 0.6) is 0 Å². The summed E-state index contributed by atoms with van der Waals surface area (Å²) in [7, 11) is 0. The molecule has 0 aromatic heterocycles. The van der Waals surface area contributed by atoms with Gasteiger partial charge in [-0.1, -0.05) is 42.5 Å². The fraction of sp³-hybridized carbons (Fsp3) is 0.316. The highest BCUT2D eigenvalue weighted by Gasteiger charge is 2.45. The molecule has 3 unspecified atom stereocenters. The van der Waals surface area contributed by atoms with Gasteiger partial charge in [-0.05, 0) is 48.9 Å². The third kappa shape index (κ3) is 2.89. The Bertz CT molecular complexity index is 697. The van der Waals surface area contributed by atoms with Crippen LogP contribution in [0.15, 0.2) is 48.5 Å². The quantitative estimate of drug-likeness (QED) is 0.904. The van der Waals surface area contributed by atoms with Crippen molar-refractivity contribution in [3.8, 4) is 0 Å². The van der Waals surface area contributed by atoms with Crippen molar-refractivity contribution >= 4 is 5.91 Å². The number of hydrogen-bond acceptors (Lipinski definition) is 1. The van der Waals surface area contributed by atoms with Crippen molar-refractivity contribution in [3.63, 3.8) is 0 Å². The van der Waals surface area contributed by atoms with E-state index >= 15 is 0 Å². The maximum Gasteiger partial charge on any atom is 0.224 e. The Kier molecular flexibility index (Phi) is 3.97. The molecule has 1 aliphatic rings. The number of amides is 1. The summed E-state index contributed by atoms with van der Waals surface area (Å²) in [6.45, 7) is 4.03. The number of benzene rings is 2. The molecule has 22 heavy (non-hydrogen) atoms. The zero-order chi connectivity index (χ0) is 15.7. The summed E-state index contributed by atoms with van der Waals surface area (Å²) in [5.41, 5.74) is 2.95. The van der Waals surface area contributed by atoms with Gasteiger partial charge in [0.15, 0.2) is 0 Å². The molecule has 3 heteroatoms. The topological polar surface area (TPSA) is 29.1 Å². The molecule has 0 spiro atoms. The van der Waals surface area contributed by atoms with Crippen LogP contribution in [0.3, 0.4) is 0 Å². The molecule has 3 rings (SSSR count). The molecule has 1 N–H and O–H groups in total. The summed E-state index contributed by atoms with van der Waals surface area (Å²) in [5.74, 6) is -0.285. The smallest absolute Gasteiger partial charge is 0.224 e. The second-order valence-electron chi connectivity index (χ2n) is 6.06. The van der Waals surface area contributed by atoms with Crippen LogP contribution in [0.1, 0.15) is 42.0 Å². The molecule has 0 saturated heterocycles. The lowest BCUT2D eigenvalue weighted by Crippen LogP contribution is -2.28. The van der Waals surface area contributed by atoms with Crippen molar-refractivity contribution in [2.75, 3.05) is 0 Å². The van der Waals surface area contributed by atoms with Gasteiger partial charge >= 0.3 is 0 Å². The van der Waals surface area contributed by atoms with E-state index in [-0.39, 0.29) is 29.6 Å². The van der Waals surface area contributed by atoms with E-state index < -0.39 is 0 Å². The summed E-state index contributed by atoms with van der Waals surface area (Å²) in [5, 5.41) is 3.06. The van der Waals surface area contributed by atoms with Crippen molar-refractivity contribution in [1.29, 1.82) is 0 Å². The monoisotopic (exact) mass is 297 g/mol. The second kappa shape index (κ2) is 5.91. The molecular formula is C19H20FNO. The van der Waals surface area contributed by atoms with Gasteiger partial charge in [-0.2, -0.15) is 0 Å². The zero-order valence-electron chi connectivity index (χ0n) is 12.8. The molecule has 1 saturated carbocycles. The van der Waals surface area contributed by atoms with E-state index in [1.54, 1.807) is 12.1 Å². The first-order chi connectivity index (χ1) is 10.6. The first-order valence-electron chi connectivity index (χ1n) is 7.68. The Morgan fingerprint density at radius 3 is 2.59 bits per heavy atom. The first-order valence-corrected chi connectivity index (χ1v) is 7.68. The van der Waals surface area contributed by atoms with Crippen LogP contribution in [-0.4, -0.2) is 5.91 Å². The van der Waals surface area contributed by atoms with Crippen LogP contribution < -0.4 is 5.32 Å². The highest BCUT2D eigenvalue weighted by molar-refractivity contribution is 5.83. The molecule has 0 aliphatic heterocycles. The number of carbonyl (C=O) groups excluding carboxylic acids is 1. The van der Waals surface area contributed by atoms with Crippen molar-refractivity contribution in [2.45, 2.75) is 32.2 Å². The Morgan fingerprint density at radius 2 is 1.86 bits per heavy atom. The van der Waals surface area contributed by atoms with Gasteiger partial charge in [-0.15, -0.1) is 0 Å². The lowest BCUT2D eigenvalue weighted by atomic mass is 10.0. The normalized spacial score (nSPS) is 21.2. The van der Waals surface area contributed by atoms with E-state index in [1.807, 2.05) is 44.2 Å².